The minimum absolute atomic E-state index is 0. The van der Waals surface area contributed by atoms with Crippen molar-refractivity contribution in [3.8, 4) is 0 Å². The van der Waals surface area contributed by atoms with Crippen LogP contribution in [0.3, 0.4) is 0 Å². The van der Waals surface area contributed by atoms with E-state index in [1.54, 1.807) is 0 Å². The molecule has 1 N–H and O–H groups in total. The second kappa shape index (κ2) is 8.63. The van der Waals surface area contributed by atoms with Crippen molar-refractivity contribution in [1.29, 1.82) is 0 Å². The van der Waals surface area contributed by atoms with Gasteiger partial charge in [0, 0.05) is 28.3 Å². The van der Waals surface area contributed by atoms with E-state index in [2.05, 4.69) is 18.7 Å². The summed E-state index contributed by atoms with van der Waals surface area (Å²) in [5, 5.41) is 8.46. The van der Waals surface area contributed by atoms with Gasteiger partial charge in [0.1, 0.15) is 0 Å². The largest absolute Gasteiger partial charge is 0.395 e. The van der Waals surface area contributed by atoms with E-state index in [1.807, 2.05) is 0 Å². The van der Waals surface area contributed by atoms with Crippen molar-refractivity contribution in [2.45, 2.75) is 13.8 Å². The molecule has 0 bridgehead atoms. The van der Waals surface area contributed by atoms with E-state index in [9.17, 15) is 0 Å². The monoisotopic (exact) mass is 165 g/mol. The van der Waals surface area contributed by atoms with Gasteiger partial charge in [0.25, 0.3) is 0 Å². The van der Waals surface area contributed by atoms with Gasteiger partial charge in [-0.2, -0.15) is 0 Å². The first kappa shape index (κ1) is 12.3. The Hall–Kier alpha value is 0.634. The van der Waals surface area contributed by atoms with Crippen LogP contribution in [0, 0.1) is 0 Å². The Labute approximate surface area is 72.1 Å². The number of hydrogen-bond donors (Lipinski definition) is 1. The summed E-state index contributed by atoms with van der Waals surface area (Å²) in [5.41, 5.74) is 0. The van der Waals surface area contributed by atoms with Crippen LogP contribution < -0.4 is 0 Å². The van der Waals surface area contributed by atoms with Crippen molar-refractivity contribution in [3.05, 3.63) is 0 Å². The second-order valence-corrected chi connectivity index (χ2v) is 1.75. The first-order chi connectivity index (χ1) is 3.85. The number of nitrogens with zero attached hydrogens (tertiary/aromatic N) is 1. The molecule has 0 aliphatic rings. The molecule has 0 heterocycles. The van der Waals surface area contributed by atoms with Gasteiger partial charge in [-0.3, -0.25) is 0 Å². The van der Waals surface area contributed by atoms with Crippen molar-refractivity contribution >= 4 is 0 Å². The van der Waals surface area contributed by atoms with Gasteiger partial charge in [0.05, 0.1) is 6.61 Å². The fraction of sp³-hybridized carbons (Fsp3) is 1.00. The summed E-state index contributed by atoms with van der Waals surface area (Å²) in [6, 6.07) is 0. The van der Waals surface area contributed by atoms with Crippen LogP contribution in [0.1, 0.15) is 13.8 Å². The van der Waals surface area contributed by atoms with Gasteiger partial charge in [-0.15, -0.1) is 0 Å². The number of rotatable bonds is 4. The van der Waals surface area contributed by atoms with Crippen LogP contribution in [-0.4, -0.2) is 36.2 Å². The van der Waals surface area contributed by atoms with Crippen LogP contribution in [0.5, 0.6) is 0 Å². The molecule has 0 amide bonds. The molecule has 0 fully saturated rings. The third kappa shape index (κ3) is 6.52. The maximum absolute atomic E-state index is 8.46. The number of aliphatic hydroxyl groups is 1. The van der Waals surface area contributed by atoms with E-state index >= 15 is 0 Å². The average Bonchev–Trinajstić information content (AvgIpc) is 1.83. The molecule has 0 aromatic rings. The Kier molecular flexibility index (Phi) is 11.8. The van der Waals surface area contributed by atoms with Gasteiger partial charge in [-0.1, -0.05) is 13.8 Å². The van der Waals surface area contributed by atoms with Crippen LogP contribution in [0.2, 0.25) is 0 Å². The molecule has 0 aromatic heterocycles. The first-order valence-corrected chi connectivity index (χ1v) is 3.18. The summed E-state index contributed by atoms with van der Waals surface area (Å²) >= 11 is 0. The van der Waals surface area contributed by atoms with Crippen LogP contribution >= 0.6 is 0 Å². The molecule has 0 unspecified atom stereocenters. The van der Waals surface area contributed by atoms with Crippen LogP contribution in [0.25, 0.3) is 0 Å². The Morgan fingerprint density at radius 2 is 1.67 bits per heavy atom. The number of likely N-dealkylation sites (N-methyl/N-ethyl adjacent to an activating group) is 1. The summed E-state index contributed by atoms with van der Waals surface area (Å²) in [5.74, 6) is 0. The smallest absolute Gasteiger partial charge is 0.0558 e. The van der Waals surface area contributed by atoms with Crippen molar-refractivity contribution < 1.29 is 26.8 Å². The molecule has 0 atom stereocenters. The predicted molar refractivity (Wildman–Crippen MR) is 34.9 cm³/mol. The van der Waals surface area contributed by atoms with E-state index in [1.165, 1.54) is 0 Å². The molecule has 0 saturated carbocycles. The third-order valence-electron chi connectivity index (χ3n) is 1.31. The molecule has 0 rings (SSSR count). The molecule has 0 saturated heterocycles. The zero-order chi connectivity index (χ0) is 6.41. The average molecular weight is 165 g/mol. The van der Waals surface area contributed by atoms with E-state index in [4.69, 9.17) is 5.11 Å². The van der Waals surface area contributed by atoms with Gasteiger partial charge in [0.15, 0.2) is 0 Å². The van der Waals surface area contributed by atoms with E-state index in [0.717, 1.165) is 19.6 Å². The van der Waals surface area contributed by atoms with Gasteiger partial charge in [-0.05, 0) is 13.1 Å². The molecule has 0 spiro atoms. The molecule has 0 radical (unpaired) electrons. The topological polar surface area (TPSA) is 23.5 Å². The van der Waals surface area contributed by atoms with Crippen LogP contribution in [0.15, 0.2) is 0 Å². The van der Waals surface area contributed by atoms with Gasteiger partial charge in [0.2, 0.25) is 0 Å². The summed E-state index contributed by atoms with van der Waals surface area (Å²) in [6.45, 7) is 7.36. The summed E-state index contributed by atoms with van der Waals surface area (Å²) in [4.78, 5) is 2.18. The molecule has 54 valence electrons. The molecule has 2 nitrogen and oxygen atoms in total. The quantitative estimate of drug-likeness (QED) is 0.606. The fourth-order valence-electron chi connectivity index (χ4n) is 0.681. The number of aliphatic hydroxyl groups excluding tert-OH is 1. The van der Waals surface area contributed by atoms with Crippen LogP contribution in [-0.2, 0) is 21.7 Å². The Morgan fingerprint density at radius 3 is 1.78 bits per heavy atom. The normalized spacial score (nSPS) is 9.33. The van der Waals surface area contributed by atoms with Gasteiger partial charge >= 0.3 is 0 Å². The minimum atomic E-state index is 0. The molecule has 3 heteroatoms. The fourth-order valence-corrected chi connectivity index (χ4v) is 0.681. The van der Waals surface area contributed by atoms with Crippen molar-refractivity contribution in [3.63, 3.8) is 0 Å². The Bertz CT molecular complexity index is 48.3. The van der Waals surface area contributed by atoms with Gasteiger partial charge in [-0.25, -0.2) is 0 Å². The maximum Gasteiger partial charge on any atom is 0.0558 e. The summed E-state index contributed by atoms with van der Waals surface area (Å²) in [7, 11) is 0. The van der Waals surface area contributed by atoms with Crippen molar-refractivity contribution in [1.82, 2.24) is 4.90 Å². The van der Waals surface area contributed by atoms with Gasteiger partial charge < -0.3 is 10.0 Å². The van der Waals surface area contributed by atoms with E-state index < -0.39 is 0 Å². The summed E-state index contributed by atoms with van der Waals surface area (Å²) in [6.07, 6.45) is 0. The van der Waals surface area contributed by atoms with E-state index in [0.29, 0.717) is 0 Å². The van der Waals surface area contributed by atoms with Crippen LogP contribution in [0.4, 0.5) is 0 Å². The standard InChI is InChI=1S/C6H15NO.Ti/c1-3-7(4-2)5-6-8;/h8H,3-6H2,1-2H3;. The molecule has 9 heavy (non-hydrogen) atoms. The SMILES string of the molecule is CCN(CC)CCO.[Ti]. The van der Waals surface area contributed by atoms with E-state index in [-0.39, 0.29) is 28.3 Å². The van der Waals surface area contributed by atoms with Crippen molar-refractivity contribution in [2.75, 3.05) is 26.2 Å². The zero-order valence-electron chi connectivity index (χ0n) is 6.22. The third-order valence-corrected chi connectivity index (χ3v) is 1.31. The van der Waals surface area contributed by atoms with Crippen molar-refractivity contribution in [2.24, 2.45) is 0 Å². The predicted octanol–water partition coefficient (Wildman–Crippen LogP) is 0.318. The molecule has 0 aliphatic heterocycles. The Balaban J connectivity index is 0. The molecule has 0 aliphatic carbocycles. The summed E-state index contributed by atoms with van der Waals surface area (Å²) < 4.78 is 0. The zero-order valence-corrected chi connectivity index (χ0v) is 7.78. The minimum Gasteiger partial charge on any atom is -0.395 e. The molecular weight excluding hydrogens is 150 g/mol. The maximum atomic E-state index is 8.46. The first-order valence-electron chi connectivity index (χ1n) is 3.18. The number of hydrogen-bond acceptors (Lipinski definition) is 2. The Morgan fingerprint density at radius 1 is 1.22 bits per heavy atom. The second-order valence-electron chi connectivity index (χ2n) is 1.75. The molecular formula is C6H15NOTi. The molecule has 0 aromatic carbocycles.